The molecule has 0 bridgehead atoms. The Hall–Kier alpha value is -4.23. The van der Waals surface area contributed by atoms with Crippen LogP contribution in [0.15, 0.2) is 115 Å². The highest BCUT2D eigenvalue weighted by molar-refractivity contribution is 6.09. The van der Waals surface area contributed by atoms with E-state index in [1.807, 2.05) is 6.20 Å². The van der Waals surface area contributed by atoms with Crippen LogP contribution in [0.3, 0.4) is 0 Å². The maximum absolute atomic E-state index is 4.79. The quantitative estimate of drug-likeness (QED) is 0.230. The second-order valence-electron chi connectivity index (χ2n) is 9.15. The Morgan fingerprint density at radius 3 is 1.67 bits per heavy atom. The van der Waals surface area contributed by atoms with Crippen LogP contribution in [0.25, 0.3) is 43.9 Å². The third kappa shape index (κ3) is 1.97. The SMILES string of the molecule is c1ccc2c(c1)-c1ccccc1C21c2ccccc2-c2cc3c(cnc4ccccc43)cc21. The summed E-state index contributed by atoms with van der Waals surface area (Å²) < 4.78 is 0. The van der Waals surface area contributed by atoms with Crippen LogP contribution in [-0.4, -0.2) is 4.98 Å². The molecule has 1 heterocycles. The number of nitrogens with zero attached hydrogens (tertiary/aromatic N) is 1. The van der Waals surface area contributed by atoms with Gasteiger partial charge < -0.3 is 0 Å². The van der Waals surface area contributed by atoms with Gasteiger partial charge in [0, 0.05) is 17.0 Å². The lowest BCUT2D eigenvalue weighted by Gasteiger charge is -2.30. The van der Waals surface area contributed by atoms with E-state index < -0.39 is 0 Å². The Morgan fingerprint density at radius 1 is 0.455 bits per heavy atom. The largest absolute Gasteiger partial charge is 0.256 e. The van der Waals surface area contributed by atoms with Gasteiger partial charge in [0.15, 0.2) is 0 Å². The molecule has 0 saturated carbocycles. The molecule has 0 radical (unpaired) electrons. The third-order valence-electron chi connectivity index (χ3n) is 7.70. The molecular formula is C32H19N. The first-order chi connectivity index (χ1) is 16.4. The minimum atomic E-state index is -0.293. The molecule has 0 atom stereocenters. The molecule has 2 aliphatic carbocycles. The van der Waals surface area contributed by atoms with Gasteiger partial charge in [-0.05, 0) is 68.1 Å². The van der Waals surface area contributed by atoms with Crippen LogP contribution in [0, 0.1) is 0 Å². The van der Waals surface area contributed by atoms with Crippen LogP contribution in [0.1, 0.15) is 22.3 Å². The maximum atomic E-state index is 4.79. The minimum Gasteiger partial charge on any atom is -0.256 e. The maximum Gasteiger partial charge on any atom is 0.0725 e. The van der Waals surface area contributed by atoms with E-state index >= 15 is 0 Å². The smallest absolute Gasteiger partial charge is 0.0725 e. The highest BCUT2D eigenvalue weighted by atomic mass is 14.6. The molecule has 0 N–H and O–H groups in total. The van der Waals surface area contributed by atoms with Crippen molar-refractivity contribution < 1.29 is 0 Å². The Kier molecular flexibility index (Phi) is 3.13. The zero-order valence-electron chi connectivity index (χ0n) is 17.9. The molecule has 33 heavy (non-hydrogen) atoms. The zero-order valence-corrected chi connectivity index (χ0v) is 17.9. The van der Waals surface area contributed by atoms with Gasteiger partial charge in [0.25, 0.3) is 0 Å². The van der Waals surface area contributed by atoms with E-state index in [0.29, 0.717) is 0 Å². The van der Waals surface area contributed by atoms with Gasteiger partial charge in [0.1, 0.15) is 0 Å². The molecule has 6 aromatic rings. The van der Waals surface area contributed by atoms with Crippen molar-refractivity contribution in [2.24, 2.45) is 0 Å². The first kappa shape index (κ1) is 17.3. The van der Waals surface area contributed by atoms with E-state index in [2.05, 4.69) is 109 Å². The van der Waals surface area contributed by atoms with Crippen molar-refractivity contribution in [3.8, 4) is 22.3 Å². The summed E-state index contributed by atoms with van der Waals surface area (Å²) in [5.41, 5.74) is 11.6. The molecule has 0 saturated heterocycles. The van der Waals surface area contributed by atoms with Gasteiger partial charge in [-0.25, -0.2) is 0 Å². The van der Waals surface area contributed by atoms with Gasteiger partial charge >= 0.3 is 0 Å². The Balaban J connectivity index is 1.60. The number of hydrogen-bond donors (Lipinski definition) is 0. The first-order valence-electron chi connectivity index (χ1n) is 11.5. The van der Waals surface area contributed by atoms with Crippen molar-refractivity contribution in [2.75, 3.05) is 0 Å². The average molecular weight is 418 g/mol. The summed E-state index contributed by atoms with van der Waals surface area (Å²) in [5, 5.41) is 3.68. The highest BCUT2D eigenvalue weighted by Gasteiger charge is 2.51. The topological polar surface area (TPSA) is 12.9 Å². The van der Waals surface area contributed by atoms with Crippen molar-refractivity contribution >= 4 is 21.7 Å². The molecule has 5 aromatic carbocycles. The molecule has 1 heteroatoms. The Labute approximate surface area is 192 Å². The van der Waals surface area contributed by atoms with Crippen molar-refractivity contribution in [3.63, 3.8) is 0 Å². The van der Waals surface area contributed by atoms with Gasteiger partial charge in [-0.2, -0.15) is 0 Å². The number of hydrogen-bond acceptors (Lipinski definition) is 1. The molecule has 0 unspecified atom stereocenters. The number of benzene rings is 5. The van der Waals surface area contributed by atoms with Crippen molar-refractivity contribution in [2.45, 2.75) is 5.41 Å². The summed E-state index contributed by atoms with van der Waals surface area (Å²) in [7, 11) is 0. The van der Waals surface area contributed by atoms with Crippen LogP contribution < -0.4 is 0 Å². The number of para-hydroxylation sites is 1. The summed E-state index contributed by atoms with van der Waals surface area (Å²) >= 11 is 0. The first-order valence-corrected chi connectivity index (χ1v) is 11.5. The van der Waals surface area contributed by atoms with Crippen LogP contribution >= 0.6 is 0 Å². The normalized spacial score (nSPS) is 14.3. The molecule has 0 fully saturated rings. The van der Waals surface area contributed by atoms with Crippen molar-refractivity contribution in [1.29, 1.82) is 0 Å². The van der Waals surface area contributed by atoms with E-state index in [4.69, 9.17) is 4.98 Å². The van der Waals surface area contributed by atoms with E-state index in [0.717, 1.165) is 5.52 Å². The summed E-state index contributed by atoms with van der Waals surface area (Å²) in [5.74, 6) is 0. The van der Waals surface area contributed by atoms with Gasteiger partial charge in [-0.15, -0.1) is 0 Å². The Bertz CT molecular complexity index is 1730. The predicted octanol–water partition coefficient (Wildman–Crippen LogP) is 7.73. The monoisotopic (exact) mass is 417 g/mol. The van der Waals surface area contributed by atoms with E-state index in [1.165, 1.54) is 60.7 Å². The molecular weight excluding hydrogens is 398 g/mol. The lowest BCUT2D eigenvalue weighted by atomic mass is 9.70. The second kappa shape index (κ2) is 5.96. The van der Waals surface area contributed by atoms with Crippen LogP contribution in [0.4, 0.5) is 0 Å². The molecule has 2 aliphatic rings. The minimum absolute atomic E-state index is 0.293. The standard InChI is InChI=1S/C32H19N/c1-5-13-27-21(9-1)22-10-2-6-14-28(22)32(27)29-15-7-3-11-23(29)26-18-25-20(17-30(26)32)19-33-31-16-8-4-12-24(25)31/h1-19H. The molecule has 1 spiro atoms. The average Bonchev–Trinajstić information content (AvgIpc) is 3.35. The number of aromatic nitrogens is 1. The van der Waals surface area contributed by atoms with Crippen molar-refractivity contribution in [3.05, 3.63) is 138 Å². The fourth-order valence-corrected chi connectivity index (χ4v) is 6.45. The summed E-state index contributed by atoms with van der Waals surface area (Å²) in [6.07, 6.45) is 2.04. The lowest BCUT2D eigenvalue weighted by Crippen LogP contribution is -2.25. The second-order valence-corrected chi connectivity index (χ2v) is 9.15. The van der Waals surface area contributed by atoms with Gasteiger partial charge in [-0.1, -0.05) is 91.0 Å². The summed E-state index contributed by atoms with van der Waals surface area (Å²) in [6.45, 7) is 0. The van der Waals surface area contributed by atoms with Gasteiger partial charge in [-0.3, -0.25) is 4.98 Å². The highest BCUT2D eigenvalue weighted by Crippen LogP contribution is 2.63. The van der Waals surface area contributed by atoms with Gasteiger partial charge in [0.2, 0.25) is 0 Å². The molecule has 1 nitrogen and oxygen atoms in total. The summed E-state index contributed by atoms with van der Waals surface area (Å²) in [4.78, 5) is 4.79. The van der Waals surface area contributed by atoms with E-state index in [1.54, 1.807) is 0 Å². The fourth-order valence-electron chi connectivity index (χ4n) is 6.45. The third-order valence-corrected chi connectivity index (χ3v) is 7.70. The predicted molar refractivity (Wildman–Crippen MR) is 136 cm³/mol. The van der Waals surface area contributed by atoms with Gasteiger partial charge in [0.05, 0.1) is 10.9 Å². The molecule has 8 rings (SSSR count). The van der Waals surface area contributed by atoms with Crippen molar-refractivity contribution in [1.82, 2.24) is 4.98 Å². The molecule has 0 aliphatic heterocycles. The van der Waals surface area contributed by atoms with Crippen LogP contribution in [0.2, 0.25) is 0 Å². The lowest BCUT2D eigenvalue weighted by molar-refractivity contribution is 0.795. The molecule has 152 valence electrons. The summed E-state index contributed by atoms with van der Waals surface area (Å²) in [6, 6.07) is 40.1. The van der Waals surface area contributed by atoms with E-state index in [-0.39, 0.29) is 5.41 Å². The number of fused-ring (bicyclic) bond motifs is 13. The van der Waals surface area contributed by atoms with E-state index in [9.17, 15) is 0 Å². The molecule has 0 amide bonds. The van der Waals surface area contributed by atoms with Crippen LogP contribution in [-0.2, 0) is 5.41 Å². The van der Waals surface area contributed by atoms with Crippen LogP contribution in [0.5, 0.6) is 0 Å². The number of rotatable bonds is 0. The zero-order chi connectivity index (χ0) is 21.6. The fraction of sp³-hybridized carbons (Fsp3) is 0.0312. The Morgan fingerprint density at radius 2 is 1.00 bits per heavy atom. The molecule has 1 aromatic heterocycles. The number of pyridine rings is 1.